The summed E-state index contributed by atoms with van der Waals surface area (Å²) in [6.45, 7) is 2.14. The maximum absolute atomic E-state index is 4.42. The molecule has 1 aliphatic rings. The minimum absolute atomic E-state index is 0.0271. The average Bonchev–Trinajstić information content (AvgIpc) is 3.90. The second-order valence-corrected chi connectivity index (χ2v) is 13.8. The van der Waals surface area contributed by atoms with Gasteiger partial charge in [-0.05, 0) is 66.1 Å². The van der Waals surface area contributed by atoms with Crippen molar-refractivity contribution in [1.82, 2.24) is 4.57 Å². The second-order valence-electron chi connectivity index (χ2n) is 12.7. The molecule has 2 aromatic heterocycles. The standard InChI is InChI=1S/C25H19N.C21H14N2S/c1-18-8-7-9-19(16-18)20-14-15-23-22-12-5-6-13-24(22)26(25(23)17-20)21-10-3-2-4-11-21;1-2-6-14(7-3-1)18-13-19(23-22-18)15-10-11-17-16-8-4-5-9-20(16)24-21(17)12-15/h2-17H,1H3;1-13,18H. The van der Waals surface area contributed by atoms with Crippen LogP contribution in [0.5, 0.6) is 0 Å². The van der Waals surface area contributed by atoms with E-state index in [9.17, 15) is 0 Å². The molecular formula is C46H33N3S. The van der Waals surface area contributed by atoms with Crippen LogP contribution in [-0.4, -0.2) is 4.57 Å². The van der Waals surface area contributed by atoms with Crippen molar-refractivity contribution in [2.75, 3.05) is 0 Å². The lowest BCUT2D eigenvalue weighted by atomic mass is 10.0. The Morgan fingerprint density at radius 2 is 1.16 bits per heavy atom. The molecule has 238 valence electrons. The van der Waals surface area contributed by atoms with Crippen molar-refractivity contribution in [2.45, 2.75) is 13.0 Å². The molecule has 4 heteroatoms. The van der Waals surface area contributed by atoms with Gasteiger partial charge in [0.05, 0.1) is 16.7 Å². The van der Waals surface area contributed by atoms with E-state index in [1.165, 1.54) is 69.9 Å². The Kier molecular flexibility index (Phi) is 7.64. The normalized spacial score (nSPS) is 13.9. The molecule has 0 saturated carbocycles. The highest BCUT2D eigenvalue weighted by Gasteiger charge is 2.17. The summed E-state index contributed by atoms with van der Waals surface area (Å²) in [4.78, 5) is 0. The Bertz CT molecular complexity index is 2720. The number of aromatic nitrogens is 1. The van der Waals surface area contributed by atoms with E-state index in [2.05, 4.69) is 179 Å². The molecule has 1 atom stereocenters. The molecule has 1 unspecified atom stereocenters. The van der Waals surface area contributed by atoms with Gasteiger partial charge in [0.1, 0.15) is 6.04 Å². The van der Waals surface area contributed by atoms with Crippen LogP contribution in [0.15, 0.2) is 186 Å². The monoisotopic (exact) mass is 659 g/mol. The first kappa shape index (κ1) is 30.0. The van der Waals surface area contributed by atoms with E-state index in [4.69, 9.17) is 0 Å². The molecule has 0 fully saturated rings. The lowest BCUT2D eigenvalue weighted by Crippen LogP contribution is -1.93. The van der Waals surface area contributed by atoms with Crippen LogP contribution in [0.1, 0.15) is 22.7 Å². The number of aryl methyl sites for hydroxylation is 1. The summed E-state index contributed by atoms with van der Waals surface area (Å²) in [6.07, 6.45) is 2.14. The van der Waals surface area contributed by atoms with E-state index in [-0.39, 0.29) is 6.04 Å². The van der Waals surface area contributed by atoms with Gasteiger partial charge >= 0.3 is 0 Å². The van der Waals surface area contributed by atoms with Crippen LogP contribution < -0.4 is 0 Å². The Hall–Kier alpha value is -6.10. The van der Waals surface area contributed by atoms with Crippen molar-refractivity contribution in [2.24, 2.45) is 10.2 Å². The molecular weight excluding hydrogens is 627 g/mol. The maximum atomic E-state index is 4.42. The molecule has 1 aliphatic heterocycles. The average molecular weight is 660 g/mol. The number of hydrogen-bond donors (Lipinski definition) is 0. The predicted octanol–water partition coefficient (Wildman–Crippen LogP) is 13.4. The van der Waals surface area contributed by atoms with E-state index in [1.807, 2.05) is 29.5 Å². The van der Waals surface area contributed by atoms with E-state index in [1.54, 1.807) is 0 Å². The minimum atomic E-state index is 0.0271. The highest BCUT2D eigenvalue weighted by Crippen LogP contribution is 2.38. The number of fused-ring (bicyclic) bond motifs is 6. The quantitative estimate of drug-likeness (QED) is 0.180. The molecule has 3 heterocycles. The van der Waals surface area contributed by atoms with Crippen LogP contribution in [0.2, 0.25) is 0 Å². The molecule has 0 amide bonds. The number of benzene rings is 7. The zero-order valence-electron chi connectivity index (χ0n) is 27.6. The topological polar surface area (TPSA) is 29.6 Å². The number of rotatable bonds is 4. The summed E-state index contributed by atoms with van der Waals surface area (Å²) in [6, 6.07) is 60.2. The number of para-hydroxylation sites is 2. The van der Waals surface area contributed by atoms with Gasteiger partial charge in [0.15, 0.2) is 0 Å². The SMILES string of the molecule is C1=C(c2ccc3c(c2)sc2ccccc23)N=NC1c1ccccc1.Cc1cccc(-c2ccc3c4ccccc4n(-c4ccccc4)c3c2)c1. The predicted molar refractivity (Wildman–Crippen MR) is 212 cm³/mol. The summed E-state index contributed by atoms with van der Waals surface area (Å²) in [5.74, 6) is 0. The van der Waals surface area contributed by atoms with Crippen LogP contribution in [0.4, 0.5) is 0 Å². The lowest BCUT2D eigenvalue weighted by Gasteiger charge is -2.09. The van der Waals surface area contributed by atoms with Gasteiger partial charge in [-0.15, -0.1) is 11.3 Å². The van der Waals surface area contributed by atoms with Crippen LogP contribution in [0.3, 0.4) is 0 Å². The van der Waals surface area contributed by atoms with Crippen molar-refractivity contribution in [3.63, 3.8) is 0 Å². The number of azo groups is 1. The number of nitrogens with zero attached hydrogens (tertiary/aromatic N) is 3. The first-order valence-corrected chi connectivity index (χ1v) is 17.8. The minimum Gasteiger partial charge on any atom is -0.309 e. The molecule has 9 aromatic rings. The molecule has 0 bridgehead atoms. The summed E-state index contributed by atoms with van der Waals surface area (Å²) in [5.41, 5.74) is 10.8. The van der Waals surface area contributed by atoms with Crippen LogP contribution >= 0.6 is 11.3 Å². The molecule has 0 radical (unpaired) electrons. The number of thiophene rings is 1. The van der Waals surface area contributed by atoms with Crippen LogP contribution in [0.25, 0.3) is 64.5 Å². The molecule has 0 saturated heterocycles. The van der Waals surface area contributed by atoms with Gasteiger partial charge in [-0.25, -0.2) is 0 Å². The molecule has 0 N–H and O–H groups in total. The third kappa shape index (κ3) is 5.50. The fourth-order valence-corrected chi connectivity index (χ4v) is 8.17. The maximum Gasteiger partial charge on any atom is 0.117 e. The van der Waals surface area contributed by atoms with Gasteiger partial charge in [-0.3, -0.25) is 0 Å². The zero-order chi connectivity index (χ0) is 33.4. The van der Waals surface area contributed by atoms with Crippen molar-refractivity contribution in [3.05, 3.63) is 193 Å². The molecule has 3 nitrogen and oxygen atoms in total. The second kappa shape index (κ2) is 12.7. The summed E-state index contributed by atoms with van der Waals surface area (Å²) < 4.78 is 4.99. The first-order valence-electron chi connectivity index (χ1n) is 16.9. The number of hydrogen-bond acceptors (Lipinski definition) is 3. The molecule has 0 aliphatic carbocycles. The van der Waals surface area contributed by atoms with Crippen LogP contribution in [-0.2, 0) is 0 Å². The van der Waals surface area contributed by atoms with Crippen LogP contribution in [0, 0.1) is 6.92 Å². The van der Waals surface area contributed by atoms with Gasteiger partial charge in [0.25, 0.3) is 0 Å². The van der Waals surface area contributed by atoms with E-state index in [0.29, 0.717) is 0 Å². The van der Waals surface area contributed by atoms with Crippen molar-refractivity contribution >= 4 is 59.0 Å². The fraction of sp³-hybridized carbons (Fsp3) is 0.0435. The molecule has 10 rings (SSSR count). The van der Waals surface area contributed by atoms with Gasteiger partial charge in [0.2, 0.25) is 0 Å². The smallest absolute Gasteiger partial charge is 0.117 e. The molecule has 7 aromatic carbocycles. The van der Waals surface area contributed by atoms with E-state index in [0.717, 1.165) is 11.3 Å². The highest BCUT2D eigenvalue weighted by atomic mass is 32.1. The highest BCUT2D eigenvalue weighted by molar-refractivity contribution is 7.25. The third-order valence-electron chi connectivity index (χ3n) is 9.46. The van der Waals surface area contributed by atoms with Gasteiger partial charge in [0, 0.05) is 42.2 Å². The Labute approximate surface area is 295 Å². The summed E-state index contributed by atoms with van der Waals surface area (Å²) >= 11 is 1.83. The third-order valence-corrected chi connectivity index (χ3v) is 10.6. The Morgan fingerprint density at radius 3 is 2.00 bits per heavy atom. The Balaban J connectivity index is 0.000000135. The van der Waals surface area contributed by atoms with Crippen molar-refractivity contribution < 1.29 is 0 Å². The largest absolute Gasteiger partial charge is 0.309 e. The van der Waals surface area contributed by atoms with Gasteiger partial charge in [-0.2, -0.15) is 10.2 Å². The molecule has 50 heavy (non-hydrogen) atoms. The van der Waals surface area contributed by atoms with E-state index >= 15 is 0 Å². The van der Waals surface area contributed by atoms with Crippen molar-refractivity contribution in [3.8, 4) is 16.8 Å². The Morgan fingerprint density at radius 1 is 0.500 bits per heavy atom. The summed E-state index contributed by atoms with van der Waals surface area (Å²) in [7, 11) is 0. The van der Waals surface area contributed by atoms with Crippen molar-refractivity contribution in [1.29, 1.82) is 0 Å². The molecule has 0 spiro atoms. The van der Waals surface area contributed by atoms with Gasteiger partial charge in [-0.1, -0.05) is 139 Å². The zero-order valence-corrected chi connectivity index (χ0v) is 28.4. The van der Waals surface area contributed by atoms with E-state index < -0.39 is 0 Å². The first-order chi connectivity index (χ1) is 24.7. The fourth-order valence-electron chi connectivity index (χ4n) is 7.02. The summed E-state index contributed by atoms with van der Waals surface area (Å²) in [5, 5.41) is 14.1. The lowest BCUT2D eigenvalue weighted by molar-refractivity contribution is 0.881. The van der Waals surface area contributed by atoms with Gasteiger partial charge < -0.3 is 4.57 Å².